The van der Waals surface area contributed by atoms with Crippen molar-refractivity contribution in [1.82, 2.24) is 5.32 Å². The third-order valence-corrected chi connectivity index (χ3v) is 3.77. The van der Waals surface area contributed by atoms with Crippen LogP contribution in [0.1, 0.15) is 5.56 Å². The highest BCUT2D eigenvalue weighted by Crippen LogP contribution is 2.47. The number of nitrogens with one attached hydrogen (secondary N) is 1. The largest absolute Gasteiger partial charge is 0.481 e. The summed E-state index contributed by atoms with van der Waals surface area (Å²) in [6.45, 7) is -0.680. The van der Waals surface area contributed by atoms with Crippen molar-refractivity contribution >= 4 is 5.97 Å². The van der Waals surface area contributed by atoms with E-state index in [4.69, 9.17) is 5.11 Å². The van der Waals surface area contributed by atoms with Gasteiger partial charge in [-0.05, 0) is 30.7 Å². The molecule has 110 valence electrons. The summed E-state index contributed by atoms with van der Waals surface area (Å²) in [5, 5.41) is 11.6. The molecule has 1 aliphatic heterocycles. The molecule has 7 heteroatoms. The lowest BCUT2D eigenvalue weighted by Gasteiger charge is -2.32. The van der Waals surface area contributed by atoms with Gasteiger partial charge in [-0.15, -0.1) is 0 Å². The van der Waals surface area contributed by atoms with Crippen molar-refractivity contribution in [3.8, 4) is 0 Å². The molecule has 20 heavy (non-hydrogen) atoms. The van der Waals surface area contributed by atoms with Crippen LogP contribution < -0.4 is 5.32 Å². The fourth-order valence-corrected chi connectivity index (χ4v) is 2.62. The molecule has 2 N–H and O–H groups in total. The first-order valence-electron chi connectivity index (χ1n) is 6.02. The Balaban J connectivity index is 2.30. The summed E-state index contributed by atoms with van der Waals surface area (Å²) in [7, 11) is 0. The zero-order valence-electron chi connectivity index (χ0n) is 10.4. The van der Waals surface area contributed by atoms with Crippen LogP contribution in [0.15, 0.2) is 24.3 Å². The van der Waals surface area contributed by atoms with Crippen LogP contribution in [-0.4, -0.2) is 30.3 Å². The van der Waals surface area contributed by atoms with Crippen molar-refractivity contribution in [2.75, 3.05) is 13.1 Å². The van der Waals surface area contributed by atoms with Crippen LogP contribution in [0.2, 0.25) is 0 Å². The number of hydrogen-bond acceptors (Lipinski definition) is 2. The molecule has 1 fully saturated rings. The van der Waals surface area contributed by atoms with Gasteiger partial charge in [0.05, 0.1) is 0 Å². The molecule has 1 heterocycles. The van der Waals surface area contributed by atoms with Gasteiger partial charge in [0.1, 0.15) is 5.82 Å². The van der Waals surface area contributed by atoms with Gasteiger partial charge in [-0.25, -0.2) is 4.39 Å². The monoisotopic (exact) mass is 291 g/mol. The van der Waals surface area contributed by atoms with Crippen LogP contribution in [0.25, 0.3) is 0 Å². The number of hydrogen-bond donors (Lipinski definition) is 2. The molecule has 0 amide bonds. The Kier molecular flexibility index (Phi) is 3.73. The Labute approximate surface area is 112 Å². The molecule has 0 unspecified atom stereocenters. The molecule has 0 aliphatic carbocycles. The maximum Gasteiger partial charge on any atom is 0.406 e. The standard InChI is InChI=1S/C13H13F4NO2/c14-10-3-1-8(2-4-10)5-9-6-18-7-12(9,11(19)20)13(15,16)17/h1-4,9,18H,5-7H2,(H,19,20)/t9-,12+/m0/s1. The number of carbonyl (C=O) groups is 1. The topological polar surface area (TPSA) is 49.3 Å². The molecular formula is C13H13F4NO2. The van der Waals surface area contributed by atoms with Crippen LogP contribution in [0.5, 0.6) is 0 Å². The van der Waals surface area contributed by atoms with Gasteiger partial charge < -0.3 is 10.4 Å². The Morgan fingerprint density at radius 1 is 1.35 bits per heavy atom. The van der Waals surface area contributed by atoms with Crippen LogP contribution in [0, 0.1) is 17.2 Å². The van der Waals surface area contributed by atoms with Gasteiger partial charge in [-0.2, -0.15) is 13.2 Å². The van der Waals surface area contributed by atoms with Gasteiger partial charge in [0.15, 0.2) is 5.41 Å². The Hall–Kier alpha value is -1.63. The van der Waals surface area contributed by atoms with Gasteiger partial charge in [0.25, 0.3) is 0 Å². The maximum absolute atomic E-state index is 13.2. The Morgan fingerprint density at radius 3 is 2.45 bits per heavy atom. The second-order valence-electron chi connectivity index (χ2n) is 4.93. The zero-order chi connectivity index (χ0) is 15.0. The molecule has 0 spiro atoms. The Morgan fingerprint density at radius 2 is 1.95 bits per heavy atom. The lowest BCUT2D eigenvalue weighted by molar-refractivity contribution is -0.236. The molecule has 1 saturated heterocycles. The highest BCUT2D eigenvalue weighted by Gasteiger charge is 2.66. The summed E-state index contributed by atoms with van der Waals surface area (Å²) in [5.41, 5.74) is -2.31. The second-order valence-corrected chi connectivity index (χ2v) is 4.93. The average molecular weight is 291 g/mol. The van der Waals surface area contributed by atoms with E-state index in [9.17, 15) is 22.4 Å². The highest BCUT2D eigenvalue weighted by atomic mass is 19.4. The van der Waals surface area contributed by atoms with Crippen LogP contribution in [0.3, 0.4) is 0 Å². The SMILES string of the molecule is O=C(O)[C@@]1(C(F)(F)F)CNC[C@@H]1Cc1ccc(F)cc1. The Bertz CT molecular complexity index is 500. The normalized spacial score (nSPS) is 26.7. The number of benzene rings is 1. The summed E-state index contributed by atoms with van der Waals surface area (Å²) in [4.78, 5) is 11.2. The van der Waals surface area contributed by atoms with Crippen molar-refractivity contribution < 1.29 is 27.5 Å². The maximum atomic E-state index is 13.2. The van der Waals surface area contributed by atoms with Gasteiger partial charge >= 0.3 is 12.1 Å². The minimum Gasteiger partial charge on any atom is -0.481 e. The molecule has 2 atom stereocenters. The van der Waals surface area contributed by atoms with Crippen molar-refractivity contribution in [2.45, 2.75) is 12.6 Å². The molecule has 2 rings (SSSR count). The van der Waals surface area contributed by atoms with E-state index in [0.29, 0.717) is 5.56 Å². The smallest absolute Gasteiger partial charge is 0.406 e. The van der Waals surface area contributed by atoms with Gasteiger partial charge in [-0.1, -0.05) is 12.1 Å². The van der Waals surface area contributed by atoms with E-state index in [1.165, 1.54) is 12.1 Å². The third-order valence-electron chi connectivity index (χ3n) is 3.77. The molecule has 1 aromatic rings. The van der Waals surface area contributed by atoms with E-state index in [1.807, 2.05) is 0 Å². The number of carboxylic acids is 1. The van der Waals surface area contributed by atoms with Crippen molar-refractivity contribution in [2.24, 2.45) is 11.3 Å². The first-order valence-corrected chi connectivity index (χ1v) is 6.02. The molecule has 0 saturated carbocycles. The molecule has 3 nitrogen and oxygen atoms in total. The van der Waals surface area contributed by atoms with Crippen LogP contribution >= 0.6 is 0 Å². The van der Waals surface area contributed by atoms with Crippen LogP contribution in [0.4, 0.5) is 17.6 Å². The van der Waals surface area contributed by atoms with Crippen LogP contribution in [-0.2, 0) is 11.2 Å². The summed E-state index contributed by atoms with van der Waals surface area (Å²) in [5.74, 6) is -3.48. The molecule has 0 bridgehead atoms. The van der Waals surface area contributed by atoms with E-state index in [1.54, 1.807) is 0 Å². The quantitative estimate of drug-likeness (QED) is 0.840. The highest BCUT2D eigenvalue weighted by molar-refractivity contribution is 5.77. The predicted octanol–water partition coefficient (Wildman–Crippen LogP) is 2.22. The molecule has 1 aromatic carbocycles. The molecule has 1 aliphatic rings. The molecule has 0 radical (unpaired) electrons. The number of halogens is 4. The fourth-order valence-electron chi connectivity index (χ4n) is 2.62. The first kappa shape index (κ1) is 14.8. The lowest BCUT2D eigenvalue weighted by Crippen LogP contribution is -2.51. The van der Waals surface area contributed by atoms with E-state index < -0.39 is 35.8 Å². The van der Waals surface area contributed by atoms with Gasteiger partial charge in [0.2, 0.25) is 0 Å². The third kappa shape index (κ3) is 2.37. The van der Waals surface area contributed by atoms with E-state index >= 15 is 0 Å². The minimum atomic E-state index is -4.84. The zero-order valence-corrected chi connectivity index (χ0v) is 10.4. The van der Waals surface area contributed by atoms with Crippen molar-refractivity contribution in [3.05, 3.63) is 35.6 Å². The minimum absolute atomic E-state index is 0.0385. The summed E-state index contributed by atoms with van der Waals surface area (Å²) >= 11 is 0. The summed E-state index contributed by atoms with van der Waals surface area (Å²) < 4.78 is 52.4. The van der Waals surface area contributed by atoms with Gasteiger partial charge in [0, 0.05) is 12.5 Å². The molecule has 0 aromatic heterocycles. The lowest BCUT2D eigenvalue weighted by atomic mass is 9.74. The van der Waals surface area contributed by atoms with Gasteiger partial charge in [-0.3, -0.25) is 4.79 Å². The number of alkyl halides is 3. The fraction of sp³-hybridized carbons (Fsp3) is 0.462. The van der Waals surface area contributed by atoms with Crippen molar-refractivity contribution in [3.63, 3.8) is 0 Å². The molecular weight excluding hydrogens is 278 g/mol. The summed E-state index contributed by atoms with van der Waals surface area (Å²) in [6.07, 6.45) is -4.91. The number of rotatable bonds is 3. The second kappa shape index (κ2) is 5.05. The van der Waals surface area contributed by atoms with E-state index in [2.05, 4.69) is 5.32 Å². The van der Waals surface area contributed by atoms with Crippen molar-refractivity contribution in [1.29, 1.82) is 0 Å². The average Bonchev–Trinajstić information content (AvgIpc) is 2.76. The van der Waals surface area contributed by atoms with E-state index in [0.717, 1.165) is 12.1 Å². The predicted molar refractivity (Wildman–Crippen MR) is 62.6 cm³/mol. The first-order chi connectivity index (χ1) is 9.27. The number of carboxylic acid groups (broad SMARTS) is 1. The van der Waals surface area contributed by atoms with E-state index in [-0.39, 0.29) is 13.0 Å². The summed E-state index contributed by atoms with van der Waals surface area (Å²) in [6, 6.07) is 5.04. The number of aliphatic carboxylic acids is 1.